The van der Waals surface area contributed by atoms with Crippen LogP contribution in [0, 0.1) is 11.7 Å². The lowest BCUT2D eigenvalue weighted by Crippen LogP contribution is -2.48. The number of hydrogen-bond donors (Lipinski definition) is 0. The van der Waals surface area contributed by atoms with Crippen LogP contribution in [0.1, 0.15) is 63.0 Å². The number of halogens is 1. The van der Waals surface area contributed by atoms with Crippen molar-refractivity contribution in [2.24, 2.45) is 5.92 Å². The molecule has 1 saturated carbocycles. The van der Waals surface area contributed by atoms with E-state index in [0.29, 0.717) is 31.2 Å². The number of ether oxygens (including phenoxy) is 1. The first-order chi connectivity index (χ1) is 11.5. The largest absolute Gasteiger partial charge is 0.458 e. The molecule has 1 heterocycles. The van der Waals surface area contributed by atoms with Crippen LogP contribution in [0.4, 0.5) is 4.39 Å². The number of carbonyl (C=O) groups excluding carboxylic acids is 2. The van der Waals surface area contributed by atoms with Gasteiger partial charge in [-0.2, -0.15) is 0 Å². The third-order valence-corrected chi connectivity index (χ3v) is 5.59. The topological polar surface area (TPSA) is 43.4 Å². The number of benzene rings is 1. The lowest BCUT2D eigenvalue weighted by atomic mass is 9.76. The van der Waals surface area contributed by atoms with Crippen LogP contribution in [-0.4, -0.2) is 17.4 Å². The van der Waals surface area contributed by atoms with Gasteiger partial charge >= 0.3 is 5.97 Å². The van der Waals surface area contributed by atoms with Crippen molar-refractivity contribution in [1.82, 2.24) is 0 Å². The maximum absolute atomic E-state index is 14.0. The van der Waals surface area contributed by atoms with Gasteiger partial charge in [-0.15, -0.1) is 0 Å². The van der Waals surface area contributed by atoms with E-state index in [1.54, 1.807) is 6.07 Å². The monoisotopic (exact) mass is 332 g/mol. The van der Waals surface area contributed by atoms with Crippen molar-refractivity contribution in [2.75, 3.05) is 0 Å². The molecule has 1 aromatic rings. The first kappa shape index (κ1) is 17.1. The first-order valence-corrected chi connectivity index (χ1v) is 9.03. The fourth-order valence-corrected chi connectivity index (χ4v) is 4.27. The molecule has 130 valence electrons. The number of cyclic esters (lactones) is 1. The molecule has 1 atom stereocenters. The molecule has 1 aliphatic heterocycles. The van der Waals surface area contributed by atoms with Gasteiger partial charge in [-0.1, -0.05) is 31.9 Å². The summed E-state index contributed by atoms with van der Waals surface area (Å²) < 4.78 is 19.8. The summed E-state index contributed by atoms with van der Waals surface area (Å²) in [6.07, 6.45) is 6.36. The van der Waals surface area contributed by atoms with Gasteiger partial charge < -0.3 is 4.74 Å². The third kappa shape index (κ3) is 3.52. The molecule has 3 nitrogen and oxygen atoms in total. The summed E-state index contributed by atoms with van der Waals surface area (Å²) in [6.45, 7) is 1.93. The van der Waals surface area contributed by atoms with Crippen LogP contribution < -0.4 is 0 Å². The fourth-order valence-electron chi connectivity index (χ4n) is 4.27. The normalized spacial score (nSPS) is 25.1. The molecule has 1 aromatic carbocycles. The Morgan fingerprint density at radius 1 is 1.25 bits per heavy atom. The number of aryl methyl sites for hydroxylation is 2. The van der Waals surface area contributed by atoms with Crippen LogP contribution in [0.5, 0.6) is 0 Å². The summed E-state index contributed by atoms with van der Waals surface area (Å²) in [5.41, 5.74) is 0.933. The van der Waals surface area contributed by atoms with Crippen molar-refractivity contribution in [3.8, 4) is 0 Å². The van der Waals surface area contributed by atoms with Gasteiger partial charge in [0.2, 0.25) is 0 Å². The zero-order chi connectivity index (χ0) is 17.2. The number of esters is 1. The smallest absolute Gasteiger partial charge is 0.313 e. The Hall–Kier alpha value is -1.71. The second-order valence-electron chi connectivity index (χ2n) is 7.19. The predicted octanol–water partition coefficient (Wildman–Crippen LogP) is 4.16. The molecular formula is C20H25FO3. The van der Waals surface area contributed by atoms with Gasteiger partial charge in [0.1, 0.15) is 23.6 Å². The van der Waals surface area contributed by atoms with E-state index in [-0.39, 0.29) is 23.9 Å². The zero-order valence-corrected chi connectivity index (χ0v) is 14.3. The summed E-state index contributed by atoms with van der Waals surface area (Å²) in [7, 11) is 0. The number of ketones is 1. The lowest BCUT2D eigenvalue weighted by molar-refractivity contribution is -0.178. The Balaban J connectivity index is 1.78. The second kappa shape index (κ2) is 7.04. The van der Waals surface area contributed by atoms with E-state index in [1.807, 2.05) is 19.1 Å². The van der Waals surface area contributed by atoms with Crippen molar-refractivity contribution in [3.05, 3.63) is 35.1 Å². The minimum atomic E-state index is -0.678. The number of rotatable bonds is 5. The summed E-state index contributed by atoms with van der Waals surface area (Å²) in [5, 5.41) is 0. The van der Waals surface area contributed by atoms with Crippen molar-refractivity contribution in [2.45, 2.75) is 70.3 Å². The van der Waals surface area contributed by atoms with Gasteiger partial charge in [-0.05, 0) is 55.2 Å². The molecular weight excluding hydrogens is 307 g/mol. The minimum Gasteiger partial charge on any atom is -0.458 e. The van der Waals surface area contributed by atoms with E-state index >= 15 is 0 Å². The average Bonchev–Trinajstić information content (AvgIpc) is 3.07. The molecule has 0 bridgehead atoms. The van der Waals surface area contributed by atoms with Gasteiger partial charge in [-0.3, -0.25) is 9.59 Å². The predicted molar refractivity (Wildman–Crippen MR) is 89.1 cm³/mol. The average molecular weight is 332 g/mol. The van der Waals surface area contributed by atoms with Gasteiger partial charge in [0.25, 0.3) is 0 Å². The maximum Gasteiger partial charge on any atom is 0.313 e. The van der Waals surface area contributed by atoms with Gasteiger partial charge in [0.05, 0.1) is 0 Å². The van der Waals surface area contributed by atoms with E-state index in [9.17, 15) is 14.0 Å². The summed E-state index contributed by atoms with van der Waals surface area (Å²) >= 11 is 0. The Morgan fingerprint density at radius 2 is 2.00 bits per heavy atom. The quantitative estimate of drug-likeness (QED) is 0.601. The van der Waals surface area contributed by atoms with Gasteiger partial charge in [-0.25, -0.2) is 4.39 Å². The van der Waals surface area contributed by atoms with E-state index < -0.39 is 11.6 Å². The molecule has 0 radical (unpaired) electrons. The van der Waals surface area contributed by atoms with Crippen molar-refractivity contribution in [3.63, 3.8) is 0 Å². The van der Waals surface area contributed by atoms with Crippen LogP contribution in [0.2, 0.25) is 0 Å². The highest BCUT2D eigenvalue weighted by molar-refractivity contribution is 5.98. The lowest BCUT2D eigenvalue weighted by Gasteiger charge is -2.41. The minimum absolute atomic E-state index is 0.0225. The zero-order valence-electron chi connectivity index (χ0n) is 14.3. The summed E-state index contributed by atoms with van der Waals surface area (Å²) in [5.74, 6) is -0.344. The fraction of sp³-hybridized carbons (Fsp3) is 0.600. The highest BCUT2D eigenvalue weighted by Gasteiger charge is 2.47. The molecule has 0 N–H and O–H groups in total. The summed E-state index contributed by atoms with van der Waals surface area (Å²) in [4.78, 5) is 23.9. The maximum atomic E-state index is 14.0. The third-order valence-electron chi connectivity index (χ3n) is 5.59. The highest BCUT2D eigenvalue weighted by atomic mass is 19.1. The van der Waals surface area contributed by atoms with Crippen molar-refractivity contribution < 1.29 is 18.7 Å². The van der Waals surface area contributed by atoms with Crippen LogP contribution in [0.15, 0.2) is 18.2 Å². The van der Waals surface area contributed by atoms with Crippen LogP contribution in [-0.2, 0) is 27.2 Å². The SMILES string of the molecule is CCc1ccc(CCC2(C3CCCC3)CC(=O)CC(=O)O2)cc1F. The van der Waals surface area contributed by atoms with E-state index in [0.717, 1.165) is 31.2 Å². The second-order valence-corrected chi connectivity index (χ2v) is 7.19. The molecule has 2 aliphatic rings. The molecule has 0 aromatic heterocycles. The number of carbonyl (C=O) groups is 2. The Kier molecular flexibility index (Phi) is 5.02. The standard InChI is InChI=1S/C20H25FO3/c1-2-15-8-7-14(11-18(15)21)9-10-20(16-5-3-4-6-16)13-17(22)12-19(23)24-20/h7-8,11,16H,2-6,9-10,12-13H2,1H3. The number of Topliss-reactive ketones (excluding diaryl/α,β-unsaturated/α-hetero) is 1. The molecule has 3 rings (SSSR count). The molecule has 1 aliphatic carbocycles. The first-order valence-electron chi connectivity index (χ1n) is 9.03. The molecule has 1 saturated heterocycles. The van der Waals surface area contributed by atoms with E-state index in [4.69, 9.17) is 4.74 Å². The molecule has 0 spiro atoms. The Morgan fingerprint density at radius 3 is 2.62 bits per heavy atom. The molecule has 2 fully saturated rings. The highest BCUT2D eigenvalue weighted by Crippen LogP contribution is 2.43. The van der Waals surface area contributed by atoms with Gasteiger partial charge in [0.15, 0.2) is 0 Å². The Labute approximate surface area is 142 Å². The van der Waals surface area contributed by atoms with Crippen molar-refractivity contribution in [1.29, 1.82) is 0 Å². The molecule has 0 amide bonds. The van der Waals surface area contributed by atoms with Crippen LogP contribution in [0.25, 0.3) is 0 Å². The summed E-state index contributed by atoms with van der Waals surface area (Å²) in [6, 6.07) is 5.34. The molecule has 4 heteroatoms. The van der Waals surface area contributed by atoms with E-state index in [2.05, 4.69) is 0 Å². The van der Waals surface area contributed by atoms with E-state index in [1.165, 1.54) is 0 Å². The Bertz CT molecular complexity index is 616. The van der Waals surface area contributed by atoms with Gasteiger partial charge in [0, 0.05) is 6.42 Å². The van der Waals surface area contributed by atoms with Crippen LogP contribution >= 0.6 is 0 Å². The molecule has 24 heavy (non-hydrogen) atoms. The van der Waals surface area contributed by atoms with Crippen molar-refractivity contribution >= 4 is 11.8 Å². The molecule has 1 unspecified atom stereocenters. The number of hydrogen-bond acceptors (Lipinski definition) is 3. The van der Waals surface area contributed by atoms with Crippen LogP contribution in [0.3, 0.4) is 0 Å².